The lowest BCUT2D eigenvalue weighted by atomic mass is 10.1. The number of hydrazone groups is 2. The number of carbonyl (C=O) groups excluding carboxylic acids is 1. The smallest absolute Gasteiger partial charge is 0.296 e. The van der Waals surface area contributed by atoms with Crippen molar-refractivity contribution in [2.24, 2.45) is 15.9 Å². The average molecular weight is 299 g/mol. The maximum atomic E-state index is 12.1. The molecule has 1 heterocycles. The minimum absolute atomic E-state index is 0.300. The molecule has 1 amide bonds. The topological polar surface area (TPSA) is 114 Å². The molecule has 0 atom stereocenters. The van der Waals surface area contributed by atoms with E-state index in [0.717, 1.165) is 5.56 Å². The Morgan fingerprint density at radius 3 is 2.73 bits per heavy atom. The normalized spacial score (nSPS) is 17.4. The fourth-order valence-electron chi connectivity index (χ4n) is 1.81. The highest BCUT2D eigenvalue weighted by molar-refractivity contribution is 6.27. The van der Waals surface area contributed by atoms with Gasteiger partial charge in [-0.15, -0.1) is 0 Å². The zero-order chi connectivity index (χ0) is 16.1. The maximum absolute atomic E-state index is 12.1. The van der Waals surface area contributed by atoms with Crippen LogP contribution in [0.1, 0.15) is 12.5 Å². The summed E-state index contributed by atoms with van der Waals surface area (Å²) in [4.78, 5) is 22.4. The van der Waals surface area contributed by atoms with Crippen LogP contribution in [0.25, 0.3) is 6.08 Å². The Kier molecular flexibility index (Phi) is 4.42. The van der Waals surface area contributed by atoms with E-state index in [4.69, 9.17) is 5.73 Å². The predicted octanol–water partition coefficient (Wildman–Crippen LogP) is 1.35. The van der Waals surface area contributed by atoms with Crippen LogP contribution in [-0.2, 0) is 4.79 Å². The monoisotopic (exact) mass is 299 g/mol. The van der Waals surface area contributed by atoms with E-state index in [0.29, 0.717) is 16.3 Å². The summed E-state index contributed by atoms with van der Waals surface area (Å²) in [6, 6.07) is 9.54. The molecule has 1 aromatic rings. The van der Waals surface area contributed by atoms with Gasteiger partial charge in [-0.05, 0) is 18.6 Å². The molecule has 0 aromatic heterocycles. The summed E-state index contributed by atoms with van der Waals surface area (Å²) >= 11 is 0. The third-order valence-electron chi connectivity index (χ3n) is 2.81. The van der Waals surface area contributed by atoms with Gasteiger partial charge < -0.3 is 5.73 Å². The highest BCUT2D eigenvalue weighted by atomic mass is 16.7. The highest BCUT2D eigenvalue weighted by Crippen LogP contribution is 2.15. The van der Waals surface area contributed by atoms with Gasteiger partial charge in [0.1, 0.15) is 5.10 Å². The Labute approximate surface area is 126 Å². The molecular formula is C14H13N5O3. The Bertz CT molecular complexity index is 719. The number of hydrogen-bond acceptors (Lipinski definition) is 4. The van der Waals surface area contributed by atoms with Crippen molar-refractivity contribution in [2.45, 2.75) is 6.92 Å². The molecule has 0 bridgehead atoms. The van der Waals surface area contributed by atoms with Crippen molar-refractivity contribution >= 4 is 23.7 Å². The van der Waals surface area contributed by atoms with Crippen LogP contribution in [0.3, 0.4) is 0 Å². The second-order valence-corrected chi connectivity index (χ2v) is 4.35. The zero-order valence-corrected chi connectivity index (χ0v) is 11.7. The van der Waals surface area contributed by atoms with E-state index in [1.54, 1.807) is 19.1 Å². The molecule has 1 aromatic carbocycles. The molecule has 8 heteroatoms. The van der Waals surface area contributed by atoms with E-state index >= 15 is 0 Å². The van der Waals surface area contributed by atoms with E-state index in [1.807, 2.05) is 36.4 Å². The zero-order valence-electron chi connectivity index (χ0n) is 11.7. The van der Waals surface area contributed by atoms with Crippen molar-refractivity contribution < 1.29 is 9.83 Å². The molecular weight excluding hydrogens is 286 g/mol. The molecule has 0 saturated carbocycles. The van der Waals surface area contributed by atoms with E-state index in [2.05, 4.69) is 10.2 Å². The van der Waals surface area contributed by atoms with E-state index < -0.39 is 16.9 Å². The Hall–Kier alpha value is -3.29. The summed E-state index contributed by atoms with van der Waals surface area (Å²) in [6.07, 6.45) is 5.10. The molecule has 0 radical (unpaired) electrons. The van der Waals surface area contributed by atoms with Crippen LogP contribution in [0.4, 0.5) is 0 Å². The summed E-state index contributed by atoms with van der Waals surface area (Å²) in [5, 5.41) is 16.8. The van der Waals surface area contributed by atoms with E-state index in [9.17, 15) is 14.9 Å². The largest absolute Gasteiger partial charge is 0.363 e. The SMILES string of the molecule is CC1=NN(C(N)=N[N+](=O)[O-])C(=O)C1=CC=Cc1ccccc1. The van der Waals surface area contributed by atoms with Crippen molar-refractivity contribution in [1.82, 2.24) is 5.01 Å². The number of carbonyl (C=O) groups is 1. The number of allylic oxidation sites excluding steroid dienone is 2. The van der Waals surface area contributed by atoms with Crippen LogP contribution in [0.5, 0.6) is 0 Å². The van der Waals surface area contributed by atoms with Gasteiger partial charge in [0.15, 0.2) is 5.03 Å². The summed E-state index contributed by atoms with van der Waals surface area (Å²) in [5.74, 6) is -1.14. The minimum Gasteiger partial charge on any atom is -0.363 e. The number of nitrogens with zero attached hydrogens (tertiary/aromatic N) is 4. The van der Waals surface area contributed by atoms with Gasteiger partial charge in [0.05, 0.1) is 11.3 Å². The second kappa shape index (κ2) is 6.44. The van der Waals surface area contributed by atoms with Crippen molar-refractivity contribution in [3.63, 3.8) is 0 Å². The fourth-order valence-corrected chi connectivity index (χ4v) is 1.81. The minimum atomic E-state index is -0.982. The van der Waals surface area contributed by atoms with Crippen LogP contribution < -0.4 is 5.73 Å². The first-order valence-electron chi connectivity index (χ1n) is 6.31. The standard InChI is InChI=1S/C14H13N5O3/c1-10-12(9-5-8-11-6-3-2-4-7-11)13(20)18(16-10)14(15)17-19(21)22/h2-9H,1H3,(H2,15,17). The number of guanidine groups is 1. The Morgan fingerprint density at radius 1 is 1.41 bits per heavy atom. The molecule has 1 aliphatic heterocycles. The van der Waals surface area contributed by atoms with Gasteiger partial charge in [-0.3, -0.25) is 4.79 Å². The van der Waals surface area contributed by atoms with Crippen molar-refractivity contribution in [3.05, 3.63) is 63.7 Å². The summed E-state index contributed by atoms with van der Waals surface area (Å²) < 4.78 is 0. The van der Waals surface area contributed by atoms with Crippen LogP contribution in [-0.4, -0.2) is 27.6 Å². The highest BCUT2D eigenvalue weighted by Gasteiger charge is 2.31. The molecule has 0 unspecified atom stereocenters. The predicted molar refractivity (Wildman–Crippen MR) is 82.1 cm³/mol. The molecule has 8 nitrogen and oxygen atoms in total. The van der Waals surface area contributed by atoms with Gasteiger partial charge in [0.2, 0.25) is 0 Å². The number of nitrogens with two attached hydrogens (primary N) is 1. The van der Waals surface area contributed by atoms with Gasteiger partial charge >= 0.3 is 0 Å². The number of amides is 1. The molecule has 1 aliphatic rings. The molecule has 112 valence electrons. The van der Waals surface area contributed by atoms with Gasteiger partial charge in [-0.1, -0.05) is 42.5 Å². The third kappa shape index (κ3) is 3.42. The lowest BCUT2D eigenvalue weighted by Crippen LogP contribution is -2.36. The molecule has 2 N–H and O–H groups in total. The van der Waals surface area contributed by atoms with Gasteiger partial charge in [0.25, 0.3) is 11.9 Å². The van der Waals surface area contributed by atoms with Crippen LogP contribution in [0.2, 0.25) is 0 Å². The molecule has 22 heavy (non-hydrogen) atoms. The Morgan fingerprint density at radius 2 is 2.09 bits per heavy atom. The summed E-state index contributed by atoms with van der Waals surface area (Å²) in [5.41, 5.74) is 7.06. The summed E-state index contributed by atoms with van der Waals surface area (Å²) in [7, 11) is 0. The first-order valence-corrected chi connectivity index (χ1v) is 6.31. The van der Waals surface area contributed by atoms with Crippen LogP contribution in [0, 0.1) is 10.1 Å². The van der Waals surface area contributed by atoms with Crippen molar-refractivity contribution in [2.75, 3.05) is 0 Å². The first-order chi connectivity index (χ1) is 10.5. The number of rotatable bonds is 3. The van der Waals surface area contributed by atoms with Gasteiger partial charge in [0, 0.05) is 0 Å². The van der Waals surface area contributed by atoms with Crippen LogP contribution in [0.15, 0.2) is 58.3 Å². The lowest BCUT2D eigenvalue weighted by molar-refractivity contribution is -0.485. The maximum Gasteiger partial charge on any atom is 0.296 e. The second-order valence-electron chi connectivity index (χ2n) is 4.35. The lowest BCUT2D eigenvalue weighted by Gasteiger charge is -2.06. The average Bonchev–Trinajstić information content (AvgIpc) is 2.75. The molecule has 0 fully saturated rings. The van der Waals surface area contributed by atoms with Crippen molar-refractivity contribution in [1.29, 1.82) is 0 Å². The van der Waals surface area contributed by atoms with Gasteiger partial charge in [-0.25, -0.2) is 10.1 Å². The molecule has 2 rings (SSSR count). The molecule has 0 saturated heterocycles. The Balaban J connectivity index is 2.18. The third-order valence-corrected chi connectivity index (χ3v) is 2.81. The fraction of sp³-hybridized carbons (Fsp3) is 0.0714. The number of hydrogen-bond donors (Lipinski definition) is 1. The van der Waals surface area contributed by atoms with E-state index in [-0.39, 0.29) is 0 Å². The number of nitro groups is 1. The molecule has 0 spiro atoms. The first kappa shape index (κ1) is 15.1. The van der Waals surface area contributed by atoms with Gasteiger partial charge in [-0.2, -0.15) is 10.1 Å². The van der Waals surface area contributed by atoms with Crippen molar-refractivity contribution in [3.8, 4) is 0 Å². The molecule has 0 aliphatic carbocycles. The quantitative estimate of drug-likeness (QED) is 0.298. The van der Waals surface area contributed by atoms with Crippen LogP contribution >= 0.6 is 0 Å². The summed E-state index contributed by atoms with van der Waals surface area (Å²) in [6.45, 7) is 1.61. The van der Waals surface area contributed by atoms with E-state index in [1.165, 1.54) is 0 Å². The number of benzene rings is 1.